The van der Waals surface area contributed by atoms with E-state index < -0.39 is 5.82 Å². The normalized spacial score (nSPS) is 16.9. The maximum atomic E-state index is 14.2. The van der Waals surface area contributed by atoms with Crippen LogP contribution < -0.4 is 10.2 Å². The number of aromatic nitrogens is 3. The van der Waals surface area contributed by atoms with Crippen molar-refractivity contribution in [3.05, 3.63) is 60.2 Å². The highest BCUT2D eigenvalue weighted by Crippen LogP contribution is 2.41. The van der Waals surface area contributed by atoms with E-state index in [-0.39, 0.29) is 17.1 Å². The molecule has 2 aliphatic rings. The summed E-state index contributed by atoms with van der Waals surface area (Å²) in [6.07, 6.45) is 3.75. The van der Waals surface area contributed by atoms with E-state index in [2.05, 4.69) is 26.8 Å². The molecule has 1 N–H and O–H groups in total. The Morgan fingerprint density at radius 1 is 1.27 bits per heavy atom. The van der Waals surface area contributed by atoms with Crippen LogP contribution in [0.2, 0.25) is 5.02 Å². The van der Waals surface area contributed by atoms with Crippen LogP contribution in [-0.4, -0.2) is 50.9 Å². The molecule has 0 atom stereocenters. The Hall–Kier alpha value is -3.26. The molecular weight excluding hydrogens is 407 g/mol. The number of halogens is 2. The van der Waals surface area contributed by atoms with Crippen LogP contribution in [0.15, 0.2) is 49.3 Å². The molecule has 3 aromatic rings. The van der Waals surface area contributed by atoms with Gasteiger partial charge in [-0.15, -0.1) is 0 Å². The molecule has 2 saturated heterocycles. The molecule has 5 rings (SSSR count). The molecule has 0 unspecified atom stereocenters. The van der Waals surface area contributed by atoms with E-state index in [0.29, 0.717) is 35.0 Å². The number of carbonyl (C=O) groups excluding carboxylic acids is 1. The number of benzene rings is 1. The zero-order chi connectivity index (χ0) is 20.9. The number of fused-ring (bicyclic) bond motifs is 1. The minimum absolute atomic E-state index is 0.0303. The van der Waals surface area contributed by atoms with Crippen molar-refractivity contribution in [2.24, 2.45) is 0 Å². The van der Waals surface area contributed by atoms with Crippen LogP contribution in [0.25, 0.3) is 11.0 Å². The summed E-state index contributed by atoms with van der Waals surface area (Å²) in [7, 11) is 0. The van der Waals surface area contributed by atoms with E-state index >= 15 is 0 Å². The Labute approximate surface area is 177 Å². The van der Waals surface area contributed by atoms with Crippen molar-refractivity contribution < 1.29 is 9.18 Å². The van der Waals surface area contributed by atoms with Gasteiger partial charge in [-0.2, -0.15) is 0 Å². The summed E-state index contributed by atoms with van der Waals surface area (Å²) >= 11 is 5.83. The van der Waals surface area contributed by atoms with Gasteiger partial charge in [0.2, 0.25) is 5.91 Å². The molecule has 2 aromatic heterocycles. The maximum Gasteiger partial charge on any atom is 0.246 e. The predicted octanol–water partition coefficient (Wildman–Crippen LogP) is 3.54. The third kappa shape index (κ3) is 2.95. The van der Waals surface area contributed by atoms with Gasteiger partial charge < -0.3 is 15.1 Å². The fraction of sp³-hybridized carbons (Fsp3) is 0.238. The maximum absolute atomic E-state index is 14.2. The second-order valence-corrected chi connectivity index (χ2v) is 7.97. The molecule has 0 bridgehead atoms. The first-order valence-corrected chi connectivity index (χ1v) is 9.90. The van der Waals surface area contributed by atoms with Gasteiger partial charge in [0.1, 0.15) is 23.5 Å². The molecule has 4 heterocycles. The van der Waals surface area contributed by atoms with Gasteiger partial charge in [0.25, 0.3) is 0 Å². The average molecular weight is 425 g/mol. The van der Waals surface area contributed by atoms with Crippen LogP contribution in [0, 0.1) is 5.82 Å². The molecule has 152 valence electrons. The second-order valence-electron chi connectivity index (χ2n) is 7.53. The van der Waals surface area contributed by atoms with E-state index in [1.165, 1.54) is 18.5 Å². The number of nitrogens with one attached hydrogen (secondary N) is 1. The zero-order valence-electron chi connectivity index (χ0n) is 16.0. The van der Waals surface area contributed by atoms with Crippen molar-refractivity contribution in [1.82, 2.24) is 19.9 Å². The van der Waals surface area contributed by atoms with E-state index in [9.17, 15) is 9.18 Å². The van der Waals surface area contributed by atoms with Crippen LogP contribution >= 0.6 is 11.6 Å². The van der Waals surface area contributed by atoms with E-state index in [4.69, 9.17) is 16.6 Å². The summed E-state index contributed by atoms with van der Waals surface area (Å²) < 4.78 is 14.2. The van der Waals surface area contributed by atoms with Crippen molar-refractivity contribution in [2.45, 2.75) is 12.0 Å². The van der Waals surface area contributed by atoms with Crippen molar-refractivity contribution in [3.63, 3.8) is 0 Å². The number of pyridine rings is 1. The van der Waals surface area contributed by atoms with Gasteiger partial charge in [-0.05, 0) is 42.8 Å². The Bertz CT molecular complexity index is 1180. The first-order valence-electron chi connectivity index (χ1n) is 9.52. The lowest BCUT2D eigenvalue weighted by Crippen LogP contribution is -2.78. The molecule has 1 aromatic carbocycles. The Balaban J connectivity index is 1.41. The first-order chi connectivity index (χ1) is 14.5. The van der Waals surface area contributed by atoms with Gasteiger partial charge in [-0.25, -0.2) is 19.3 Å². The summed E-state index contributed by atoms with van der Waals surface area (Å²) in [5.41, 5.74) is 1.32. The van der Waals surface area contributed by atoms with Crippen LogP contribution in [0.1, 0.15) is 6.42 Å². The molecular formula is C21H18ClFN6O. The SMILES string of the molecule is C=CC(=O)N1CCC12CN(c1ccc3ncnc(Nc4ccc(Cl)cc4F)c3n1)C2. The van der Waals surface area contributed by atoms with Crippen LogP contribution in [0.5, 0.6) is 0 Å². The molecule has 0 saturated carbocycles. The molecule has 2 fully saturated rings. The van der Waals surface area contributed by atoms with Gasteiger partial charge in [-0.1, -0.05) is 18.2 Å². The molecule has 0 radical (unpaired) electrons. The third-order valence-corrected chi connectivity index (χ3v) is 5.99. The molecule has 9 heteroatoms. The van der Waals surface area contributed by atoms with Gasteiger partial charge in [0.15, 0.2) is 5.82 Å². The number of likely N-dealkylation sites (tertiary alicyclic amines) is 1. The van der Waals surface area contributed by atoms with Crippen molar-refractivity contribution in [3.8, 4) is 0 Å². The number of rotatable bonds is 4. The van der Waals surface area contributed by atoms with Crippen LogP contribution in [0.4, 0.5) is 21.7 Å². The van der Waals surface area contributed by atoms with Crippen molar-refractivity contribution in [2.75, 3.05) is 29.9 Å². The zero-order valence-corrected chi connectivity index (χ0v) is 16.7. The van der Waals surface area contributed by atoms with Crippen molar-refractivity contribution in [1.29, 1.82) is 0 Å². The summed E-state index contributed by atoms with van der Waals surface area (Å²) in [5, 5.41) is 3.30. The molecule has 7 nitrogen and oxygen atoms in total. The molecule has 1 amide bonds. The summed E-state index contributed by atoms with van der Waals surface area (Å²) in [5.74, 6) is 0.662. The fourth-order valence-electron chi connectivity index (χ4n) is 4.06. The first kappa shape index (κ1) is 18.7. The Morgan fingerprint density at radius 3 is 2.80 bits per heavy atom. The highest BCUT2D eigenvalue weighted by atomic mass is 35.5. The smallest absolute Gasteiger partial charge is 0.246 e. The minimum Gasteiger partial charge on any atom is -0.352 e. The van der Waals surface area contributed by atoms with Gasteiger partial charge in [0.05, 0.1) is 16.7 Å². The number of carbonyl (C=O) groups is 1. The minimum atomic E-state index is -0.480. The van der Waals surface area contributed by atoms with Crippen LogP contribution in [-0.2, 0) is 4.79 Å². The summed E-state index contributed by atoms with van der Waals surface area (Å²) in [4.78, 5) is 29.2. The number of hydrogen-bond donors (Lipinski definition) is 1. The predicted molar refractivity (Wildman–Crippen MR) is 113 cm³/mol. The second kappa shape index (κ2) is 6.91. The monoisotopic (exact) mass is 424 g/mol. The van der Waals surface area contributed by atoms with Gasteiger partial charge in [0, 0.05) is 24.7 Å². The summed E-state index contributed by atoms with van der Waals surface area (Å²) in [6, 6.07) is 8.15. The average Bonchev–Trinajstić information content (AvgIpc) is 2.68. The highest BCUT2D eigenvalue weighted by molar-refractivity contribution is 6.30. The van der Waals surface area contributed by atoms with E-state index in [1.54, 1.807) is 12.1 Å². The largest absolute Gasteiger partial charge is 0.352 e. The number of amides is 1. The lowest BCUT2D eigenvalue weighted by molar-refractivity contribution is -0.144. The number of hydrogen-bond acceptors (Lipinski definition) is 6. The van der Waals surface area contributed by atoms with Crippen molar-refractivity contribution >= 4 is 45.9 Å². The van der Waals surface area contributed by atoms with Gasteiger partial charge >= 0.3 is 0 Å². The molecule has 1 spiro atoms. The third-order valence-electron chi connectivity index (χ3n) is 5.76. The Kier molecular flexibility index (Phi) is 4.32. The van der Waals surface area contributed by atoms with Gasteiger partial charge in [-0.3, -0.25) is 4.79 Å². The molecule has 30 heavy (non-hydrogen) atoms. The Morgan fingerprint density at radius 2 is 2.10 bits per heavy atom. The fourth-order valence-corrected chi connectivity index (χ4v) is 4.22. The quantitative estimate of drug-likeness (QED) is 0.646. The molecule has 2 aliphatic heterocycles. The number of anilines is 3. The lowest BCUT2D eigenvalue weighted by atomic mass is 9.77. The summed E-state index contributed by atoms with van der Waals surface area (Å²) in [6.45, 7) is 5.78. The lowest BCUT2D eigenvalue weighted by Gasteiger charge is -2.62. The van der Waals surface area contributed by atoms with Crippen LogP contribution in [0.3, 0.4) is 0 Å². The molecule has 0 aliphatic carbocycles. The highest BCUT2D eigenvalue weighted by Gasteiger charge is 2.55. The topological polar surface area (TPSA) is 74.2 Å². The van der Waals surface area contributed by atoms with E-state index in [1.807, 2.05) is 17.0 Å². The van der Waals surface area contributed by atoms with E-state index in [0.717, 1.165) is 18.8 Å². The number of nitrogens with zero attached hydrogens (tertiary/aromatic N) is 5. The standard InChI is InChI=1S/C21H18ClFN6O/c1-2-18(30)29-8-7-21(29)10-28(11-21)17-6-5-16-19(27-17)20(25-12-24-16)26-15-4-3-13(22)9-14(15)23/h2-6,9,12H,1,7-8,10-11H2,(H,24,25,26).